The molecule has 0 atom stereocenters. The predicted molar refractivity (Wildman–Crippen MR) is 74.1 cm³/mol. The predicted octanol–water partition coefficient (Wildman–Crippen LogP) is 1.51. The van der Waals surface area contributed by atoms with Gasteiger partial charge in [0.15, 0.2) is 6.61 Å². The van der Waals surface area contributed by atoms with Gasteiger partial charge in [-0.25, -0.2) is 4.98 Å². The molecule has 1 aromatic heterocycles. The zero-order valence-corrected chi connectivity index (χ0v) is 11.3. The number of nitrogens with zero attached hydrogens (tertiary/aromatic N) is 1. The molecule has 2 aromatic rings. The molecule has 0 aliphatic carbocycles. The van der Waals surface area contributed by atoms with Gasteiger partial charge in [0.25, 0.3) is 5.91 Å². The molecule has 6 nitrogen and oxygen atoms in total. The number of aromatic nitrogens is 1. The maximum atomic E-state index is 11.6. The number of nitrogens with two attached hydrogens (primary N) is 1. The van der Waals surface area contributed by atoms with Crippen LogP contribution in [-0.4, -0.2) is 17.5 Å². The molecular formula is C14H17N3O3. The van der Waals surface area contributed by atoms with E-state index in [1.807, 2.05) is 6.92 Å². The molecule has 1 amide bonds. The Hall–Kier alpha value is -2.50. The van der Waals surface area contributed by atoms with Crippen LogP contribution in [0.4, 0.5) is 5.69 Å². The van der Waals surface area contributed by atoms with Crippen LogP contribution in [0.5, 0.6) is 5.75 Å². The second-order valence-corrected chi connectivity index (χ2v) is 4.18. The first-order valence-electron chi connectivity index (χ1n) is 6.36. The number of hydrogen-bond donors (Lipinski definition) is 2. The Morgan fingerprint density at radius 2 is 2.25 bits per heavy atom. The molecule has 106 valence electrons. The van der Waals surface area contributed by atoms with Gasteiger partial charge in [-0.05, 0) is 12.1 Å². The molecular weight excluding hydrogens is 258 g/mol. The fourth-order valence-electron chi connectivity index (χ4n) is 1.57. The van der Waals surface area contributed by atoms with Crippen molar-refractivity contribution in [3.63, 3.8) is 0 Å². The first kappa shape index (κ1) is 13.9. The summed E-state index contributed by atoms with van der Waals surface area (Å²) >= 11 is 0. The maximum Gasteiger partial charge on any atom is 0.258 e. The molecule has 0 saturated heterocycles. The summed E-state index contributed by atoms with van der Waals surface area (Å²) < 4.78 is 10.7. The summed E-state index contributed by atoms with van der Waals surface area (Å²) in [6, 6.07) is 7.02. The molecule has 0 bridgehead atoms. The van der Waals surface area contributed by atoms with E-state index in [4.69, 9.17) is 14.9 Å². The number of amides is 1. The SMILES string of the molecule is CCc1cnc(CNC(=O)COc2ccccc2N)o1. The third-order valence-electron chi connectivity index (χ3n) is 2.66. The van der Waals surface area contributed by atoms with Gasteiger partial charge in [0.1, 0.15) is 11.5 Å². The number of carbonyl (C=O) groups excluding carboxylic acids is 1. The topological polar surface area (TPSA) is 90.4 Å². The second-order valence-electron chi connectivity index (χ2n) is 4.18. The van der Waals surface area contributed by atoms with Gasteiger partial charge in [0, 0.05) is 6.42 Å². The number of nitrogen functional groups attached to an aromatic ring is 1. The first-order chi connectivity index (χ1) is 9.69. The third-order valence-corrected chi connectivity index (χ3v) is 2.66. The van der Waals surface area contributed by atoms with E-state index >= 15 is 0 Å². The van der Waals surface area contributed by atoms with Crippen molar-refractivity contribution in [2.75, 3.05) is 12.3 Å². The normalized spacial score (nSPS) is 10.2. The molecule has 0 spiro atoms. The van der Waals surface area contributed by atoms with Gasteiger partial charge >= 0.3 is 0 Å². The second kappa shape index (κ2) is 6.60. The van der Waals surface area contributed by atoms with Gasteiger partial charge in [-0.15, -0.1) is 0 Å². The zero-order valence-electron chi connectivity index (χ0n) is 11.3. The van der Waals surface area contributed by atoms with E-state index in [1.54, 1.807) is 30.5 Å². The van der Waals surface area contributed by atoms with Crippen LogP contribution in [0.1, 0.15) is 18.6 Å². The van der Waals surface area contributed by atoms with Crippen LogP contribution in [0.3, 0.4) is 0 Å². The van der Waals surface area contributed by atoms with Crippen molar-refractivity contribution in [2.45, 2.75) is 19.9 Å². The van der Waals surface area contributed by atoms with Crippen molar-refractivity contribution in [1.29, 1.82) is 0 Å². The van der Waals surface area contributed by atoms with E-state index in [1.165, 1.54) is 0 Å². The van der Waals surface area contributed by atoms with Gasteiger partial charge in [-0.2, -0.15) is 0 Å². The highest BCUT2D eigenvalue weighted by Gasteiger charge is 2.07. The van der Waals surface area contributed by atoms with Crippen LogP contribution in [0.15, 0.2) is 34.9 Å². The minimum absolute atomic E-state index is 0.102. The Kier molecular flexibility index (Phi) is 4.60. The summed E-state index contributed by atoms with van der Waals surface area (Å²) in [5.74, 6) is 1.51. The number of rotatable bonds is 6. The van der Waals surface area contributed by atoms with Crippen LogP contribution in [0.25, 0.3) is 0 Å². The number of nitrogens with one attached hydrogen (secondary N) is 1. The molecule has 0 unspecified atom stereocenters. The van der Waals surface area contributed by atoms with E-state index in [9.17, 15) is 4.79 Å². The minimum atomic E-state index is -0.260. The molecule has 0 aliphatic heterocycles. The largest absolute Gasteiger partial charge is 0.482 e. The Labute approximate surface area is 116 Å². The fourth-order valence-corrected chi connectivity index (χ4v) is 1.57. The Morgan fingerprint density at radius 1 is 1.45 bits per heavy atom. The molecule has 3 N–H and O–H groups in total. The Balaban J connectivity index is 1.77. The van der Waals surface area contributed by atoms with Gasteiger partial charge in [-0.3, -0.25) is 4.79 Å². The minimum Gasteiger partial charge on any atom is -0.482 e. The van der Waals surface area contributed by atoms with Crippen LogP contribution in [0.2, 0.25) is 0 Å². The lowest BCUT2D eigenvalue weighted by atomic mass is 10.3. The first-order valence-corrected chi connectivity index (χ1v) is 6.36. The number of benzene rings is 1. The number of carbonyl (C=O) groups is 1. The van der Waals surface area contributed by atoms with Crippen molar-refractivity contribution < 1.29 is 13.9 Å². The molecule has 0 saturated carbocycles. The summed E-state index contributed by atoms with van der Waals surface area (Å²) in [7, 11) is 0. The average molecular weight is 275 g/mol. The molecule has 20 heavy (non-hydrogen) atoms. The fraction of sp³-hybridized carbons (Fsp3) is 0.286. The molecule has 2 rings (SSSR count). The molecule has 0 fully saturated rings. The number of aryl methyl sites for hydroxylation is 1. The number of hydrogen-bond acceptors (Lipinski definition) is 5. The van der Waals surface area contributed by atoms with E-state index in [2.05, 4.69) is 10.3 Å². The quantitative estimate of drug-likeness (QED) is 0.780. The van der Waals surface area contributed by atoms with Crippen LogP contribution >= 0.6 is 0 Å². The highest BCUT2D eigenvalue weighted by Crippen LogP contribution is 2.19. The van der Waals surface area contributed by atoms with Gasteiger partial charge in [0.05, 0.1) is 18.4 Å². The van der Waals surface area contributed by atoms with Crippen LogP contribution < -0.4 is 15.8 Å². The average Bonchev–Trinajstić information content (AvgIpc) is 2.92. The van der Waals surface area contributed by atoms with Crippen molar-refractivity contribution in [3.8, 4) is 5.75 Å². The summed E-state index contributed by atoms with van der Waals surface area (Å²) in [6.45, 7) is 2.11. The lowest BCUT2D eigenvalue weighted by molar-refractivity contribution is -0.123. The highest BCUT2D eigenvalue weighted by atomic mass is 16.5. The zero-order chi connectivity index (χ0) is 14.4. The summed E-state index contributed by atoms with van der Waals surface area (Å²) in [4.78, 5) is 15.7. The van der Waals surface area contributed by atoms with Crippen LogP contribution in [0, 0.1) is 0 Å². The maximum absolute atomic E-state index is 11.6. The molecule has 0 radical (unpaired) electrons. The lowest BCUT2D eigenvalue weighted by Gasteiger charge is -2.08. The third kappa shape index (κ3) is 3.74. The number of oxazole rings is 1. The van der Waals surface area contributed by atoms with Crippen molar-refractivity contribution in [1.82, 2.24) is 10.3 Å². The van der Waals surface area contributed by atoms with Gasteiger partial charge in [-0.1, -0.05) is 19.1 Å². The lowest BCUT2D eigenvalue weighted by Crippen LogP contribution is -2.28. The van der Waals surface area contributed by atoms with E-state index in [0.29, 0.717) is 17.3 Å². The van der Waals surface area contributed by atoms with E-state index < -0.39 is 0 Å². The van der Waals surface area contributed by atoms with Crippen molar-refractivity contribution in [3.05, 3.63) is 42.1 Å². The van der Waals surface area contributed by atoms with Gasteiger partial charge in [0.2, 0.25) is 5.89 Å². The molecule has 0 aliphatic rings. The smallest absolute Gasteiger partial charge is 0.258 e. The number of para-hydroxylation sites is 2. The molecule has 6 heteroatoms. The van der Waals surface area contributed by atoms with E-state index in [-0.39, 0.29) is 19.1 Å². The Bertz CT molecular complexity index is 581. The molecule has 1 aromatic carbocycles. The van der Waals surface area contributed by atoms with E-state index in [0.717, 1.165) is 12.2 Å². The standard InChI is InChI=1S/C14H17N3O3/c1-2-10-7-17-14(20-10)8-16-13(18)9-19-12-6-4-3-5-11(12)15/h3-7H,2,8-9,15H2,1H3,(H,16,18). The summed E-state index contributed by atoms with van der Waals surface area (Å²) in [6.07, 6.45) is 2.43. The Morgan fingerprint density at radius 3 is 2.95 bits per heavy atom. The summed E-state index contributed by atoms with van der Waals surface area (Å²) in [5.41, 5.74) is 6.21. The van der Waals surface area contributed by atoms with Gasteiger partial charge < -0.3 is 20.2 Å². The van der Waals surface area contributed by atoms with Crippen molar-refractivity contribution in [2.24, 2.45) is 0 Å². The van der Waals surface area contributed by atoms with Crippen LogP contribution in [-0.2, 0) is 17.8 Å². The molecule has 1 heterocycles. The number of anilines is 1. The summed E-state index contributed by atoms with van der Waals surface area (Å²) in [5, 5.41) is 2.67. The number of ether oxygens (including phenoxy) is 1. The van der Waals surface area contributed by atoms with Crippen molar-refractivity contribution >= 4 is 11.6 Å². The monoisotopic (exact) mass is 275 g/mol. The highest BCUT2D eigenvalue weighted by molar-refractivity contribution is 5.77.